The van der Waals surface area contributed by atoms with Crippen molar-refractivity contribution < 1.29 is 35.8 Å². The first kappa shape index (κ1) is 20.8. The molecule has 0 aromatic carbocycles. The number of fused-ring (bicyclic) bond motifs is 1. The van der Waals surface area contributed by atoms with Gasteiger partial charge in [-0.25, -0.2) is 9.37 Å². The lowest BCUT2D eigenvalue weighted by molar-refractivity contribution is -0.190. The first-order valence-corrected chi connectivity index (χ1v) is 8.07. The van der Waals surface area contributed by atoms with Crippen molar-refractivity contribution in [2.24, 2.45) is 0 Å². The molecule has 0 radical (unpaired) electrons. The van der Waals surface area contributed by atoms with E-state index in [1.807, 2.05) is 0 Å². The van der Waals surface area contributed by atoms with Crippen LogP contribution in [0.4, 0.5) is 26.3 Å². The molecule has 3 aromatic heterocycles. The smallest absolute Gasteiger partial charge is 0.425 e. The van der Waals surface area contributed by atoms with E-state index in [2.05, 4.69) is 29.8 Å². The Morgan fingerprint density at radius 1 is 1.17 bits per heavy atom. The van der Waals surface area contributed by atoms with Crippen molar-refractivity contribution in [2.75, 3.05) is 0 Å². The molecule has 0 saturated carbocycles. The minimum absolute atomic E-state index is 0.0195. The number of pyridine rings is 1. The molecule has 0 saturated heterocycles. The van der Waals surface area contributed by atoms with Gasteiger partial charge in [0, 0.05) is 11.8 Å². The van der Waals surface area contributed by atoms with Gasteiger partial charge in [-0.05, 0) is 31.5 Å². The van der Waals surface area contributed by atoms with Gasteiger partial charge in [-0.2, -0.15) is 31.6 Å². The van der Waals surface area contributed by atoms with Gasteiger partial charge in [0.1, 0.15) is 6.61 Å². The van der Waals surface area contributed by atoms with Crippen LogP contribution in [0.25, 0.3) is 16.9 Å². The van der Waals surface area contributed by atoms with Crippen LogP contribution in [-0.2, 0) is 11.3 Å². The van der Waals surface area contributed by atoms with E-state index in [9.17, 15) is 26.3 Å². The van der Waals surface area contributed by atoms with Crippen molar-refractivity contribution in [2.45, 2.75) is 39.3 Å². The third kappa shape index (κ3) is 4.55. The zero-order chi connectivity index (χ0) is 21.3. The minimum atomic E-state index is -4.68. The lowest BCUT2D eigenvalue weighted by Gasteiger charge is -2.17. The predicted molar refractivity (Wildman–Crippen MR) is 85.6 cm³/mol. The third-order valence-corrected chi connectivity index (χ3v) is 3.82. The zero-order valence-corrected chi connectivity index (χ0v) is 14.9. The summed E-state index contributed by atoms with van der Waals surface area (Å²) in [6, 6.07) is 2.43. The van der Waals surface area contributed by atoms with Gasteiger partial charge in [0.05, 0.1) is 5.69 Å². The Balaban J connectivity index is 1.94. The van der Waals surface area contributed by atoms with Gasteiger partial charge in [0.25, 0.3) is 5.88 Å². The fourth-order valence-electron chi connectivity index (χ4n) is 2.35. The topological polar surface area (TPSA) is 74.4 Å². The van der Waals surface area contributed by atoms with Gasteiger partial charge >= 0.3 is 12.8 Å². The molecule has 13 heteroatoms. The molecular formula is C16H13F6N5O2. The average molecular weight is 421 g/mol. The number of hydrogen-bond acceptors (Lipinski definition) is 6. The molecule has 0 aliphatic rings. The summed E-state index contributed by atoms with van der Waals surface area (Å²) in [5.41, 5.74) is 1.08. The number of rotatable bonds is 6. The van der Waals surface area contributed by atoms with Crippen LogP contribution < -0.4 is 4.74 Å². The average Bonchev–Trinajstić information content (AvgIpc) is 3.01. The number of nitrogens with zero attached hydrogens (tertiary/aromatic N) is 5. The van der Waals surface area contributed by atoms with E-state index in [-0.39, 0.29) is 22.7 Å². The second-order valence-electron chi connectivity index (χ2n) is 5.95. The molecule has 1 atom stereocenters. The molecule has 0 aliphatic heterocycles. The van der Waals surface area contributed by atoms with Crippen molar-refractivity contribution in [1.29, 1.82) is 0 Å². The summed E-state index contributed by atoms with van der Waals surface area (Å²) < 4.78 is 86.3. The second-order valence-corrected chi connectivity index (χ2v) is 5.95. The number of aromatic nitrogens is 5. The summed E-state index contributed by atoms with van der Waals surface area (Å²) in [6.07, 6.45) is -5.84. The molecule has 0 fully saturated rings. The fraction of sp³-hybridized carbons (Fsp3) is 0.375. The standard InChI is InChI=1S/C16H13F6N5O2/c1-7-3-11-24-25-12(6-28-15(18)19)27(11)26-13(7)9-4-10(17)14(23-5-9)29-8(2)16(20,21)22/h3-5,8,15H,6H2,1-2H3/t8-/m1/s1. The summed E-state index contributed by atoms with van der Waals surface area (Å²) in [5, 5.41) is 11.7. The van der Waals surface area contributed by atoms with E-state index >= 15 is 0 Å². The molecule has 0 aliphatic carbocycles. The minimum Gasteiger partial charge on any atom is -0.463 e. The van der Waals surface area contributed by atoms with Crippen molar-refractivity contribution in [1.82, 2.24) is 24.8 Å². The zero-order valence-electron chi connectivity index (χ0n) is 14.9. The Hall–Kier alpha value is -2.96. The molecule has 0 unspecified atom stereocenters. The van der Waals surface area contributed by atoms with E-state index in [1.54, 1.807) is 6.92 Å². The molecule has 0 spiro atoms. The molecule has 3 heterocycles. The van der Waals surface area contributed by atoms with Gasteiger partial charge in [-0.15, -0.1) is 10.2 Å². The van der Waals surface area contributed by atoms with Crippen LogP contribution in [0.5, 0.6) is 5.88 Å². The largest absolute Gasteiger partial charge is 0.463 e. The fourth-order valence-corrected chi connectivity index (χ4v) is 2.35. The molecule has 29 heavy (non-hydrogen) atoms. The Bertz CT molecular complexity index is 1020. The van der Waals surface area contributed by atoms with E-state index < -0.39 is 37.2 Å². The number of ether oxygens (including phenoxy) is 2. The van der Waals surface area contributed by atoms with E-state index in [0.717, 1.165) is 23.7 Å². The maximum atomic E-state index is 14.2. The Kier molecular flexibility index (Phi) is 5.59. The first-order valence-electron chi connectivity index (χ1n) is 8.07. The molecule has 0 N–H and O–H groups in total. The van der Waals surface area contributed by atoms with Crippen LogP contribution in [0, 0.1) is 12.7 Å². The Morgan fingerprint density at radius 2 is 1.90 bits per heavy atom. The predicted octanol–water partition coefficient (Wildman–Crippen LogP) is 3.70. The van der Waals surface area contributed by atoms with Crippen LogP contribution in [-0.4, -0.2) is 43.7 Å². The SMILES string of the molecule is Cc1cc2nnc(COC(F)F)n2nc1-c1cnc(O[C@H](C)C(F)(F)F)c(F)c1. The van der Waals surface area contributed by atoms with Gasteiger partial charge in [-0.1, -0.05) is 0 Å². The lowest BCUT2D eigenvalue weighted by Crippen LogP contribution is -2.31. The molecule has 0 amide bonds. The highest BCUT2D eigenvalue weighted by atomic mass is 19.4. The first-order chi connectivity index (χ1) is 13.6. The quantitative estimate of drug-likeness (QED) is 0.565. The van der Waals surface area contributed by atoms with Crippen LogP contribution in [0.2, 0.25) is 0 Å². The van der Waals surface area contributed by atoms with Crippen molar-refractivity contribution >= 4 is 5.65 Å². The van der Waals surface area contributed by atoms with Gasteiger partial charge in [0.15, 0.2) is 23.4 Å². The van der Waals surface area contributed by atoms with Crippen LogP contribution in [0.3, 0.4) is 0 Å². The highest BCUT2D eigenvalue weighted by Crippen LogP contribution is 2.28. The van der Waals surface area contributed by atoms with E-state index in [0.29, 0.717) is 5.56 Å². The van der Waals surface area contributed by atoms with Crippen LogP contribution in [0.15, 0.2) is 18.3 Å². The summed E-state index contributed by atoms with van der Waals surface area (Å²) in [6.45, 7) is -1.23. The Morgan fingerprint density at radius 3 is 2.52 bits per heavy atom. The normalized spacial score (nSPS) is 13.3. The lowest BCUT2D eigenvalue weighted by atomic mass is 10.1. The Labute approximate surface area is 159 Å². The maximum absolute atomic E-state index is 14.2. The number of halogens is 6. The molecule has 156 valence electrons. The van der Waals surface area contributed by atoms with Crippen LogP contribution in [0.1, 0.15) is 18.3 Å². The number of aryl methyl sites for hydroxylation is 1. The summed E-state index contributed by atoms with van der Waals surface area (Å²) >= 11 is 0. The molecule has 0 bridgehead atoms. The molecular weight excluding hydrogens is 408 g/mol. The molecule has 7 nitrogen and oxygen atoms in total. The summed E-state index contributed by atoms with van der Waals surface area (Å²) in [5.74, 6) is -1.95. The third-order valence-electron chi connectivity index (χ3n) is 3.82. The van der Waals surface area contributed by atoms with Crippen molar-refractivity contribution in [3.63, 3.8) is 0 Å². The van der Waals surface area contributed by atoms with Gasteiger partial charge in [-0.3, -0.25) is 0 Å². The van der Waals surface area contributed by atoms with Crippen molar-refractivity contribution in [3.05, 3.63) is 35.5 Å². The van der Waals surface area contributed by atoms with Gasteiger partial charge < -0.3 is 9.47 Å². The number of hydrogen-bond donors (Lipinski definition) is 0. The highest BCUT2D eigenvalue weighted by molar-refractivity contribution is 5.64. The summed E-state index contributed by atoms with van der Waals surface area (Å²) in [4.78, 5) is 3.60. The second kappa shape index (κ2) is 7.81. The monoisotopic (exact) mass is 421 g/mol. The van der Waals surface area contributed by atoms with Crippen LogP contribution >= 0.6 is 0 Å². The highest BCUT2D eigenvalue weighted by Gasteiger charge is 2.38. The maximum Gasteiger partial charge on any atom is 0.425 e. The van der Waals surface area contributed by atoms with Crippen molar-refractivity contribution in [3.8, 4) is 17.1 Å². The summed E-state index contributed by atoms with van der Waals surface area (Å²) in [7, 11) is 0. The van der Waals surface area contributed by atoms with E-state index in [4.69, 9.17) is 0 Å². The number of alkyl halides is 5. The molecule has 3 aromatic rings. The van der Waals surface area contributed by atoms with Gasteiger partial charge in [0.2, 0.25) is 0 Å². The molecule has 3 rings (SSSR count). The van der Waals surface area contributed by atoms with E-state index in [1.165, 1.54) is 6.07 Å².